The smallest absolute Gasteiger partial charge is 0.305 e. The van der Waals surface area contributed by atoms with Gasteiger partial charge in [0.15, 0.2) is 5.82 Å². The highest BCUT2D eigenvalue weighted by atomic mass is 19.1. The first-order valence-corrected chi connectivity index (χ1v) is 4.72. The van der Waals surface area contributed by atoms with E-state index in [2.05, 4.69) is 9.97 Å². The standard InChI is InChI=1S/C10H6F2N4O2/c11-5-1-2-6(16(17)18)9(12)8(5)10-14-4-3-7(13)15-10/h1-4H,(H2,13,14,15). The molecule has 0 radical (unpaired) electrons. The number of hydrogen-bond acceptors (Lipinski definition) is 5. The molecule has 0 spiro atoms. The molecule has 0 fully saturated rings. The van der Waals surface area contributed by atoms with Crippen LogP contribution in [0.15, 0.2) is 24.4 Å². The van der Waals surface area contributed by atoms with E-state index >= 15 is 0 Å². The molecular formula is C10H6F2N4O2. The van der Waals surface area contributed by atoms with Gasteiger partial charge < -0.3 is 5.73 Å². The van der Waals surface area contributed by atoms with E-state index in [9.17, 15) is 18.9 Å². The summed E-state index contributed by atoms with van der Waals surface area (Å²) >= 11 is 0. The van der Waals surface area contributed by atoms with Crippen LogP contribution in [0.3, 0.4) is 0 Å². The van der Waals surface area contributed by atoms with Crippen molar-refractivity contribution in [3.05, 3.63) is 46.1 Å². The number of nitrogens with two attached hydrogens (primary N) is 1. The summed E-state index contributed by atoms with van der Waals surface area (Å²) in [4.78, 5) is 16.9. The molecule has 18 heavy (non-hydrogen) atoms. The lowest BCUT2D eigenvalue weighted by molar-refractivity contribution is -0.387. The zero-order chi connectivity index (χ0) is 13.3. The fourth-order valence-corrected chi connectivity index (χ4v) is 1.38. The van der Waals surface area contributed by atoms with Crippen LogP contribution in [0, 0.1) is 21.7 Å². The number of nitrogen functional groups attached to an aromatic ring is 1. The van der Waals surface area contributed by atoms with Crippen LogP contribution in [0.4, 0.5) is 20.3 Å². The lowest BCUT2D eigenvalue weighted by atomic mass is 10.1. The van der Waals surface area contributed by atoms with E-state index in [0.29, 0.717) is 0 Å². The maximum absolute atomic E-state index is 13.8. The van der Waals surface area contributed by atoms with Gasteiger partial charge in [0, 0.05) is 12.3 Å². The van der Waals surface area contributed by atoms with Crippen LogP contribution < -0.4 is 5.73 Å². The van der Waals surface area contributed by atoms with Gasteiger partial charge in [0.1, 0.15) is 11.6 Å². The minimum Gasteiger partial charge on any atom is -0.384 e. The molecule has 0 saturated carbocycles. The van der Waals surface area contributed by atoms with Crippen LogP contribution in [0.5, 0.6) is 0 Å². The van der Waals surface area contributed by atoms with Gasteiger partial charge in [-0.2, -0.15) is 4.39 Å². The van der Waals surface area contributed by atoms with Gasteiger partial charge in [-0.3, -0.25) is 10.1 Å². The van der Waals surface area contributed by atoms with Crippen molar-refractivity contribution in [2.24, 2.45) is 0 Å². The van der Waals surface area contributed by atoms with Crippen molar-refractivity contribution in [1.29, 1.82) is 0 Å². The van der Waals surface area contributed by atoms with E-state index in [-0.39, 0.29) is 11.6 Å². The second kappa shape index (κ2) is 4.32. The molecule has 1 aromatic carbocycles. The predicted octanol–water partition coefficient (Wildman–Crippen LogP) is 1.91. The van der Waals surface area contributed by atoms with Crippen LogP contribution in [-0.2, 0) is 0 Å². The Morgan fingerprint density at radius 2 is 2.00 bits per heavy atom. The summed E-state index contributed by atoms with van der Waals surface area (Å²) in [6, 6.07) is 2.85. The topological polar surface area (TPSA) is 94.9 Å². The predicted molar refractivity (Wildman–Crippen MR) is 58.5 cm³/mol. The van der Waals surface area contributed by atoms with Crippen LogP contribution >= 0.6 is 0 Å². The maximum Gasteiger partial charge on any atom is 0.305 e. The van der Waals surface area contributed by atoms with Gasteiger partial charge in [0.2, 0.25) is 5.82 Å². The third kappa shape index (κ3) is 1.95. The van der Waals surface area contributed by atoms with Gasteiger partial charge in [-0.05, 0) is 12.1 Å². The highest BCUT2D eigenvalue weighted by Gasteiger charge is 2.24. The van der Waals surface area contributed by atoms with Crippen molar-refractivity contribution in [2.75, 3.05) is 5.73 Å². The molecule has 2 rings (SSSR count). The second-order valence-electron chi connectivity index (χ2n) is 3.32. The highest BCUT2D eigenvalue weighted by Crippen LogP contribution is 2.29. The average Bonchev–Trinajstić information content (AvgIpc) is 2.28. The summed E-state index contributed by atoms with van der Waals surface area (Å²) in [5, 5.41) is 10.6. The molecule has 0 aliphatic rings. The molecule has 2 aromatic rings. The summed E-state index contributed by atoms with van der Waals surface area (Å²) in [5.41, 5.74) is 3.84. The number of rotatable bonds is 2. The number of nitro groups is 1. The third-order valence-electron chi connectivity index (χ3n) is 2.17. The first-order chi connectivity index (χ1) is 8.50. The molecule has 8 heteroatoms. The lowest BCUT2D eigenvalue weighted by Gasteiger charge is -2.04. The number of halogens is 2. The Hall–Kier alpha value is -2.64. The summed E-state index contributed by atoms with van der Waals surface area (Å²) in [5.74, 6) is -2.66. The zero-order valence-corrected chi connectivity index (χ0v) is 8.80. The molecule has 2 N–H and O–H groups in total. The molecule has 0 unspecified atom stereocenters. The van der Waals surface area contributed by atoms with Crippen molar-refractivity contribution < 1.29 is 13.7 Å². The molecule has 6 nitrogen and oxygen atoms in total. The van der Waals surface area contributed by atoms with E-state index in [0.717, 1.165) is 12.1 Å². The minimum absolute atomic E-state index is 0.00491. The van der Waals surface area contributed by atoms with Crippen molar-refractivity contribution in [2.45, 2.75) is 0 Å². The number of hydrogen-bond donors (Lipinski definition) is 1. The van der Waals surface area contributed by atoms with Crippen molar-refractivity contribution in [1.82, 2.24) is 9.97 Å². The number of anilines is 1. The van der Waals surface area contributed by atoms with Crippen LogP contribution in [0.25, 0.3) is 11.4 Å². The summed E-state index contributed by atoms with van der Waals surface area (Å²) in [7, 11) is 0. The Kier molecular flexibility index (Phi) is 2.84. The van der Waals surface area contributed by atoms with Crippen LogP contribution in [0.2, 0.25) is 0 Å². The van der Waals surface area contributed by atoms with Crippen molar-refractivity contribution in [3.8, 4) is 11.4 Å². The number of aromatic nitrogens is 2. The molecule has 0 amide bonds. The third-order valence-corrected chi connectivity index (χ3v) is 2.17. The van der Waals surface area contributed by atoms with Gasteiger partial charge in [0.05, 0.1) is 10.5 Å². The van der Waals surface area contributed by atoms with Crippen LogP contribution in [-0.4, -0.2) is 14.9 Å². The molecule has 0 bridgehead atoms. The van der Waals surface area contributed by atoms with E-state index in [4.69, 9.17) is 5.73 Å². The first kappa shape index (κ1) is 11.8. The van der Waals surface area contributed by atoms with Gasteiger partial charge in [-0.1, -0.05) is 0 Å². The average molecular weight is 252 g/mol. The van der Waals surface area contributed by atoms with Crippen LogP contribution in [0.1, 0.15) is 0 Å². The maximum atomic E-state index is 13.8. The van der Waals surface area contributed by atoms with Crippen molar-refractivity contribution in [3.63, 3.8) is 0 Å². The lowest BCUT2D eigenvalue weighted by Crippen LogP contribution is -2.01. The van der Waals surface area contributed by atoms with Gasteiger partial charge in [-0.25, -0.2) is 14.4 Å². The molecule has 0 aliphatic heterocycles. The monoisotopic (exact) mass is 252 g/mol. The normalized spacial score (nSPS) is 10.3. The van der Waals surface area contributed by atoms with Crippen molar-refractivity contribution >= 4 is 11.5 Å². The minimum atomic E-state index is -1.33. The number of nitro benzene ring substituents is 1. The SMILES string of the molecule is Nc1ccnc(-c2c(F)ccc([N+](=O)[O-])c2F)n1. The fourth-order valence-electron chi connectivity index (χ4n) is 1.38. The summed E-state index contributed by atoms with van der Waals surface area (Å²) in [6.45, 7) is 0. The number of benzene rings is 1. The quantitative estimate of drug-likeness (QED) is 0.650. The molecular weight excluding hydrogens is 246 g/mol. The Morgan fingerprint density at radius 3 is 2.61 bits per heavy atom. The molecule has 0 saturated heterocycles. The Balaban J connectivity index is 2.70. The van der Waals surface area contributed by atoms with Gasteiger partial charge >= 0.3 is 5.69 Å². The fraction of sp³-hybridized carbons (Fsp3) is 0. The summed E-state index contributed by atoms with van der Waals surface area (Å²) < 4.78 is 27.3. The Morgan fingerprint density at radius 1 is 1.28 bits per heavy atom. The molecule has 1 aromatic heterocycles. The zero-order valence-electron chi connectivity index (χ0n) is 8.80. The van der Waals surface area contributed by atoms with E-state index in [1.807, 2.05) is 0 Å². The Bertz CT molecular complexity index is 633. The highest BCUT2D eigenvalue weighted by molar-refractivity contribution is 5.62. The van der Waals surface area contributed by atoms with Gasteiger partial charge in [-0.15, -0.1) is 0 Å². The largest absolute Gasteiger partial charge is 0.384 e. The molecule has 0 atom stereocenters. The van der Waals surface area contributed by atoms with Gasteiger partial charge in [0.25, 0.3) is 0 Å². The molecule has 1 heterocycles. The first-order valence-electron chi connectivity index (χ1n) is 4.72. The van der Waals surface area contributed by atoms with E-state index in [1.54, 1.807) is 0 Å². The summed E-state index contributed by atoms with van der Waals surface area (Å²) in [6.07, 6.45) is 1.20. The molecule has 0 aliphatic carbocycles. The second-order valence-corrected chi connectivity index (χ2v) is 3.32. The Labute approximate surface area is 99.3 Å². The van der Waals surface area contributed by atoms with E-state index < -0.39 is 27.8 Å². The molecule has 92 valence electrons. The number of nitrogens with zero attached hydrogens (tertiary/aromatic N) is 3. The van der Waals surface area contributed by atoms with E-state index in [1.165, 1.54) is 12.3 Å².